The molecule has 5 heteroatoms. The van der Waals surface area contributed by atoms with Crippen molar-refractivity contribution in [1.29, 1.82) is 0 Å². The maximum atomic E-state index is 11.9. The molecule has 1 rings (SSSR count). The predicted octanol–water partition coefficient (Wildman–Crippen LogP) is 1.55. The van der Waals surface area contributed by atoms with Crippen molar-refractivity contribution in [1.82, 2.24) is 14.5 Å². The highest BCUT2D eigenvalue weighted by atomic mass is 16.2. The van der Waals surface area contributed by atoms with Crippen molar-refractivity contribution in [2.45, 2.75) is 46.2 Å². The Hall–Kier alpha value is -1.36. The summed E-state index contributed by atoms with van der Waals surface area (Å²) in [6.07, 6.45) is 4.91. The van der Waals surface area contributed by atoms with Gasteiger partial charge in [0.15, 0.2) is 0 Å². The Bertz CT molecular complexity index is 371. The molecular formula is C13H24N4O. The van der Waals surface area contributed by atoms with Crippen LogP contribution in [-0.4, -0.2) is 33.4 Å². The predicted molar refractivity (Wildman–Crippen MR) is 72.0 cm³/mol. The van der Waals surface area contributed by atoms with E-state index in [-0.39, 0.29) is 11.9 Å². The van der Waals surface area contributed by atoms with Crippen LogP contribution >= 0.6 is 0 Å². The summed E-state index contributed by atoms with van der Waals surface area (Å²) in [5.74, 6) is 0.185. The smallest absolute Gasteiger partial charge is 0.224 e. The quantitative estimate of drug-likeness (QED) is 0.800. The van der Waals surface area contributed by atoms with Crippen LogP contribution in [0.3, 0.4) is 0 Å². The molecule has 0 radical (unpaired) electrons. The fourth-order valence-corrected chi connectivity index (χ4v) is 1.99. The number of rotatable bonds is 7. The molecule has 1 atom stereocenters. The number of hydrogen-bond acceptors (Lipinski definition) is 3. The summed E-state index contributed by atoms with van der Waals surface area (Å²) < 4.78 is 1.98. The molecule has 2 N–H and O–H groups in total. The average Bonchev–Trinajstić information content (AvgIpc) is 2.85. The molecule has 5 nitrogen and oxygen atoms in total. The van der Waals surface area contributed by atoms with Gasteiger partial charge in [-0.05, 0) is 20.3 Å². The first kappa shape index (κ1) is 14.7. The van der Waals surface area contributed by atoms with Gasteiger partial charge in [0.05, 0.1) is 12.0 Å². The highest BCUT2D eigenvalue weighted by Gasteiger charge is 2.13. The SMILES string of the molecule is CC[C@@H](N)c1cncn1CCC(=O)N(CC)CC. The number of nitrogens with zero attached hydrogens (tertiary/aromatic N) is 3. The molecule has 0 saturated heterocycles. The highest BCUT2D eigenvalue weighted by molar-refractivity contribution is 5.76. The van der Waals surface area contributed by atoms with Gasteiger partial charge in [-0.15, -0.1) is 0 Å². The Balaban J connectivity index is 2.58. The zero-order valence-corrected chi connectivity index (χ0v) is 11.6. The van der Waals surface area contributed by atoms with Crippen LogP contribution in [0.5, 0.6) is 0 Å². The molecule has 0 bridgehead atoms. The van der Waals surface area contributed by atoms with Gasteiger partial charge in [-0.3, -0.25) is 4.79 Å². The fraction of sp³-hybridized carbons (Fsp3) is 0.692. The van der Waals surface area contributed by atoms with E-state index in [0.29, 0.717) is 13.0 Å². The minimum atomic E-state index is -0.00365. The largest absolute Gasteiger partial charge is 0.343 e. The van der Waals surface area contributed by atoms with Crippen molar-refractivity contribution in [2.75, 3.05) is 13.1 Å². The molecule has 0 aliphatic rings. The first-order valence-corrected chi connectivity index (χ1v) is 6.67. The Morgan fingerprint density at radius 2 is 2.11 bits per heavy atom. The number of hydrogen-bond donors (Lipinski definition) is 1. The molecule has 0 saturated carbocycles. The lowest BCUT2D eigenvalue weighted by Gasteiger charge is -2.19. The summed E-state index contributed by atoms with van der Waals surface area (Å²) in [5, 5.41) is 0. The number of aromatic nitrogens is 2. The minimum Gasteiger partial charge on any atom is -0.343 e. The van der Waals surface area contributed by atoms with E-state index in [0.717, 1.165) is 25.2 Å². The van der Waals surface area contributed by atoms with Crippen molar-refractivity contribution in [3.05, 3.63) is 18.2 Å². The fourth-order valence-electron chi connectivity index (χ4n) is 1.99. The molecule has 102 valence electrons. The van der Waals surface area contributed by atoms with Crippen molar-refractivity contribution in [2.24, 2.45) is 5.73 Å². The number of amides is 1. The normalized spacial score (nSPS) is 12.4. The van der Waals surface area contributed by atoms with Gasteiger partial charge in [0.2, 0.25) is 5.91 Å². The Kier molecular flexibility index (Phi) is 5.85. The maximum absolute atomic E-state index is 11.9. The van der Waals surface area contributed by atoms with E-state index in [1.165, 1.54) is 0 Å². The van der Waals surface area contributed by atoms with E-state index >= 15 is 0 Å². The van der Waals surface area contributed by atoms with E-state index in [4.69, 9.17) is 5.73 Å². The second-order valence-corrected chi connectivity index (χ2v) is 4.34. The van der Waals surface area contributed by atoms with E-state index in [2.05, 4.69) is 4.98 Å². The van der Waals surface area contributed by atoms with Gasteiger partial charge in [0.25, 0.3) is 0 Å². The number of aryl methyl sites for hydroxylation is 1. The molecular weight excluding hydrogens is 228 g/mol. The zero-order valence-electron chi connectivity index (χ0n) is 11.6. The van der Waals surface area contributed by atoms with Crippen LogP contribution in [0.1, 0.15) is 45.3 Å². The average molecular weight is 252 g/mol. The molecule has 18 heavy (non-hydrogen) atoms. The molecule has 0 aliphatic carbocycles. The first-order valence-electron chi connectivity index (χ1n) is 6.67. The van der Waals surface area contributed by atoms with Crippen LogP contribution in [0.25, 0.3) is 0 Å². The second kappa shape index (κ2) is 7.16. The molecule has 1 aromatic heterocycles. The Labute approximate surface area is 109 Å². The van der Waals surface area contributed by atoms with Crippen molar-refractivity contribution >= 4 is 5.91 Å². The van der Waals surface area contributed by atoms with Crippen molar-refractivity contribution in [3.8, 4) is 0 Å². The van der Waals surface area contributed by atoms with Crippen LogP contribution in [0.15, 0.2) is 12.5 Å². The molecule has 1 heterocycles. The number of imidazole rings is 1. The maximum Gasteiger partial charge on any atom is 0.224 e. The number of carbonyl (C=O) groups excluding carboxylic acids is 1. The topological polar surface area (TPSA) is 64.1 Å². The molecule has 1 aromatic rings. The Morgan fingerprint density at radius 1 is 1.44 bits per heavy atom. The monoisotopic (exact) mass is 252 g/mol. The molecule has 0 aromatic carbocycles. The molecule has 0 spiro atoms. The summed E-state index contributed by atoms with van der Waals surface area (Å²) >= 11 is 0. The van der Waals surface area contributed by atoms with Crippen LogP contribution in [0.2, 0.25) is 0 Å². The van der Waals surface area contributed by atoms with Gasteiger partial charge >= 0.3 is 0 Å². The van der Waals surface area contributed by atoms with Crippen molar-refractivity contribution in [3.63, 3.8) is 0 Å². The third-order valence-corrected chi connectivity index (χ3v) is 3.25. The minimum absolute atomic E-state index is 0.00365. The summed E-state index contributed by atoms with van der Waals surface area (Å²) in [6.45, 7) is 8.22. The Morgan fingerprint density at radius 3 is 2.67 bits per heavy atom. The number of nitrogens with two attached hydrogens (primary N) is 1. The van der Waals surface area contributed by atoms with Crippen LogP contribution < -0.4 is 5.73 Å². The van der Waals surface area contributed by atoms with E-state index in [1.807, 2.05) is 30.2 Å². The summed E-state index contributed by atoms with van der Waals surface area (Å²) in [7, 11) is 0. The highest BCUT2D eigenvalue weighted by Crippen LogP contribution is 2.13. The van der Waals surface area contributed by atoms with Gasteiger partial charge in [-0.1, -0.05) is 6.92 Å². The van der Waals surface area contributed by atoms with E-state index in [9.17, 15) is 4.79 Å². The number of carbonyl (C=O) groups is 1. The molecule has 0 unspecified atom stereocenters. The van der Waals surface area contributed by atoms with Gasteiger partial charge in [0, 0.05) is 38.3 Å². The summed E-state index contributed by atoms with van der Waals surface area (Å²) in [5.41, 5.74) is 7.01. The van der Waals surface area contributed by atoms with Gasteiger partial charge < -0.3 is 15.2 Å². The lowest BCUT2D eigenvalue weighted by Crippen LogP contribution is -2.31. The summed E-state index contributed by atoms with van der Waals surface area (Å²) in [4.78, 5) is 17.9. The summed E-state index contributed by atoms with van der Waals surface area (Å²) in [6, 6.07) is -0.00365. The first-order chi connectivity index (χ1) is 8.63. The van der Waals surface area contributed by atoms with Gasteiger partial charge in [-0.25, -0.2) is 4.98 Å². The third kappa shape index (κ3) is 3.57. The van der Waals surface area contributed by atoms with E-state index < -0.39 is 0 Å². The standard InChI is InChI=1S/C13H24N4O/c1-4-11(14)12-9-15-10-17(12)8-7-13(18)16(5-2)6-3/h9-11H,4-8,14H2,1-3H3/t11-/m1/s1. The molecule has 1 amide bonds. The molecule has 0 aliphatic heterocycles. The van der Waals surface area contributed by atoms with E-state index in [1.54, 1.807) is 12.5 Å². The van der Waals surface area contributed by atoms with Crippen molar-refractivity contribution < 1.29 is 4.79 Å². The van der Waals surface area contributed by atoms with Crippen LogP contribution in [0, 0.1) is 0 Å². The van der Waals surface area contributed by atoms with Crippen LogP contribution in [-0.2, 0) is 11.3 Å². The van der Waals surface area contributed by atoms with Crippen LogP contribution in [0.4, 0.5) is 0 Å². The third-order valence-electron chi connectivity index (χ3n) is 3.25. The lowest BCUT2D eigenvalue weighted by atomic mass is 10.2. The van der Waals surface area contributed by atoms with Gasteiger partial charge in [0.1, 0.15) is 0 Å². The van der Waals surface area contributed by atoms with Gasteiger partial charge in [-0.2, -0.15) is 0 Å². The lowest BCUT2D eigenvalue weighted by molar-refractivity contribution is -0.131. The second-order valence-electron chi connectivity index (χ2n) is 4.34. The molecule has 0 fully saturated rings. The zero-order chi connectivity index (χ0) is 13.5.